The summed E-state index contributed by atoms with van der Waals surface area (Å²) in [5.41, 5.74) is 1.65. The Balaban J connectivity index is 1.43. The van der Waals surface area contributed by atoms with E-state index in [1.807, 2.05) is 24.3 Å². The average Bonchev–Trinajstić information content (AvgIpc) is 3.40. The molecular formula is C29H23N3O6S2. The predicted molar refractivity (Wildman–Crippen MR) is 152 cm³/mol. The molecule has 202 valence electrons. The molecule has 1 aromatic heterocycles. The van der Waals surface area contributed by atoms with Crippen molar-refractivity contribution in [2.45, 2.75) is 22.7 Å². The number of nitrogens with zero attached hydrogens (tertiary/aromatic N) is 2. The van der Waals surface area contributed by atoms with Crippen LogP contribution >= 0.6 is 23.1 Å². The number of carbonyl (C=O) groups is 3. The number of anilines is 2. The summed E-state index contributed by atoms with van der Waals surface area (Å²) >= 11 is 2.13. The molecule has 0 aliphatic carbocycles. The van der Waals surface area contributed by atoms with E-state index in [2.05, 4.69) is 5.32 Å². The Kier molecular flexibility index (Phi) is 6.68. The van der Waals surface area contributed by atoms with Crippen LogP contribution in [-0.2, 0) is 20.9 Å². The topological polar surface area (TPSA) is 118 Å². The van der Waals surface area contributed by atoms with Crippen LogP contribution in [0.5, 0.6) is 11.5 Å². The number of amides is 3. The summed E-state index contributed by atoms with van der Waals surface area (Å²) in [5.74, 6) is -1.93. The fourth-order valence-electron chi connectivity index (χ4n) is 5.23. The SMILES string of the molecule is COc1ccccc1[C@@H]1c2sc(=O)n(CC(=O)Nc3ccc(O)cc3)c2S[C@H]2C(=O)N(c3ccccc3)C(=O)[C@@H]12. The van der Waals surface area contributed by atoms with Crippen molar-refractivity contribution < 1.29 is 24.2 Å². The maximum Gasteiger partial charge on any atom is 0.308 e. The Hall–Kier alpha value is -4.35. The van der Waals surface area contributed by atoms with Crippen molar-refractivity contribution >= 4 is 52.2 Å². The van der Waals surface area contributed by atoms with Crippen molar-refractivity contribution in [3.05, 3.63) is 99.0 Å². The van der Waals surface area contributed by atoms with E-state index in [4.69, 9.17) is 4.74 Å². The van der Waals surface area contributed by atoms with Gasteiger partial charge in [0.15, 0.2) is 0 Å². The van der Waals surface area contributed by atoms with Gasteiger partial charge >= 0.3 is 4.87 Å². The lowest BCUT2D eigenvalue weighted by molar-refractivity contribution is -0.122. The third-order valence-electron chi connectivity index (χ3n) is 6.99. The summed E-state index contributed by atoms with van der Waals surface area (Å²) in [4.78, 5) is 55.4. The lowest BCUT2D eigenvalue weighted by Crippen LogP contribution is -2.33. The number of carbonyl (C=O) groups excluding carboxylic acids is 3. The molecular weight excluding hydrogens is 550 g/mol. The highest BCUT2D eigenvalue weighted by Crippen LogP contribution is 2.55. The Morgan fingerprint density at radius 1 is 0.950 bits per heavy atom. The van der Waals surface area contributed by atoms with Gasteiger partial charge < -0.3 is 15.2 Å². The van der Waals surface area contributed by atoms with Gasteiger partial charge in [-0.3, -0.25) is 23.7 Å². The molecule has 1 fully saturated rings. The second kappa shape index (κ2) is 10.3. The van der Waals surface area contributed by atoms with Gasteiger partial charge in [-0.15, -0.1) is 0 Å². The lowest BCUT2D eigenvalue weighted by atomic mass is 9.82. The molecule has 0 radical (unpaired) electrons. The van der Waals surface area contributed by atoms with E-state index >= 15 is 0 Å². The van der Waals surface area contributed by atoms with Crippen molar-refractivity contribution in [1.82, 2.24) is 4.57 Å². The number of nitrogens with one attached hydrogen (secondary N) is 1. The molecule has 3 heterocycles. The first-order chi connectivity index (χ1) is 19.4. The fraction of sp³-hybridized carbons (Fsp3) is 0.172. The van der Waals surface area contributed by atoms with Gasteiger partial charge in [-0.2, -0.15) is 0 Å². The van der Waals surface area contributed by atoms with E-state index in [9.17, 15) is 24.3 Å². The number of hydrogen-bond acceptors (Lipinski definition) is 8. The first-order valence-electron chi connectivity index (χ1n) is 12.4. The molecule has 9 nitrogen and oxygen atoms in total. The molecule has 3 amide bonds. The number of benzene rings is 3. The zero-order chi connectivity index (χ0) is 28.0. The number of fused-ring (bicyclic) bond motifs is 2. The first kappa shape index (κ1) is 25.9. The van der Waals surface area contributed by atoms with Crippen LogP contribution in [0.25, 0.3) is 0 Å². The van der Waals surface area contributed by atoms with E-state index < -0.39 is 23.0 Å². The van der Waals surface area contributed by atoms with Crippen molar-refractivity contribution in [1.29, 1.82) is 0 Å². The molecule has 3 atom stereocenters. The smallest absolute Gasteiger partial charge is 0.308 e. The molecule has 0 spiro atoms. The number of thioether (sulfide) groups is 1. The van der Waals surface area contributed by atoms with E-state index in [0.717, 1.165) is 23.1 Å². The molecule has 1 saturated heterocycles. The van der Waals surface area contributed by atoms with E-state index in [-0.39, 0.29) is 29.0 Å². The number of methoxy groups -OCH3 is 1. The van der Waals surface area contributed by atoms with Crippen LogP contribution in [0.1, 0.15) is 16.4 Å². The van der Waals surface area contributed by atoms with E-state index in [0.29, 0.717) is 32.6 Å². The molecule has 2 aliphatic heterocycles. The summed E-state index contributed by atoms with van der Waals surface area (Å²) in [6, 6.07) is 22.1. The largest absolute Gasteiger partial charge is 0.508 e. The zero-order valence-corrected chi connectivity index (χ0v) is 22.8. The third kappa shape index (κ3) is 4.37. The Bertz CT molecular complexity index is 1680. The molecule has 40 heavy (non-hydrogen) atoms. The maximum absolute atomic E-state index is 13.9. The van der Waals surface area contributed by atoms with Crippen molar-refractivity contribution in [3.63, 3.8) is 0 Å². The van der Waals surface area contributed by atoms with Crippen molar-refractivity contribution in [2.75, 3.05) is 17.3 Å². The molecule has 2 N–H and O–H groups in total. The zero-order valence-electron chi connectivity index (χ0n) is 21.1. The predicted octanol–water partition coefficient (Wildman–Crippen LogP) is 4.06. The van der Waals surface area contributed by atoms with Gasteiger partial charge in [0.05, 0.1) is 23.7 Å². The normalized spacial score (nSPS) is 19.7. The Morgan fingerprint density at radius 3 is 2.38 bits per heavy atom. The molecule has 4 aromatic rings. The van der Waals surface area contributed by atoms with E-state index in [1.54, 1.807) is 42.5 Å². The second-order valence-electron chi connectivity index (χ2n) is 9.35. The minimum absolute atomic E-state index is 0.0646. The van der Waals surface area contributed by atoms with Gasteiger partial charge in [0.1, 0.15) is 23.3 Å². The van der Waals surface area contributed by atoms with Gasteiger partial charge in [0, 0.05) is 22.0 Å². The number of phenolic OH excluding ortho intramolecular Hbond substituents is 1. The van der Waals surface area contributed by atoms with Gasteiger partial charge in [-0.05, 0) is 42.5 Å². The maximum atomic E-state index is 13.9. The van der Waals surface area contributed by atoms with Crippen molar-refractivity contribution in [2.24, 2.45) is 5.92 Å². The lowest BCUT2D eigenvalue weighted by Gasteiger charge is -2.31. The average molecular weight is 574 g/mol. The quantitative estimate of drug-likeness (QED) is 0.264. The minimum atomic E-state index is -0.796. The molecule has 0 bridgehead atoms. The van der Waals surface area contributed by atoms with Gasteiger partial charge in [-0.25, -0.2) is 4.90 Å². The standard InChI is InChI=1S/C29H23N3O6S2/c1-38-20-10-6-5-9-19(20)22-23-24(27(36)32(26(23)35)17-7-3-2-4-8-17)39-28-25(22)40-29(37)31(28)15-21(34)30-16-11-13-18(33)14-12-16/h2-14,22-24,33H,15H2,1H3,(H,30,34)/t22-,23-,24+/m0/s1. The third-order valence-corrected chi connectivity index (χ3v) is 9.59. The number of aromatic hydroxyl groups is 1. The summed E-state index contributed by atoms with van der Waals surface area (Å²) in [7, 11) is 1.54. The Labute approximate surface area is 237 Å². The highest BCUT2D eigenvalue weighted by atomic mass is 32.2. The fourth-order valence-corrected chi connectivity index (χ4v) is 8.00. The Morgan fingerprint density at radius 2 is 1.65 bits per heavy atom. The van der Waals surface area contributed by atoms with Crippen LogP contribution in [-0.4, -0.2) is 39.8 Å². The molecule has 0 saturated carbocycles. The number of imide groups is 1. The molecule has 2 aliphatic rings. The van der Waals surface area contributed by atoms with Gasteiger partial charge in [0.2, 0.25) is 17.7 Å². The number of thiazole rings is 1. The van der Waals surface area contributed by atoms with Gasteiger partial charge in [0.25, 0.3) is 0 Å². The number of aromatic nitrogens is 1. The highest BCUT2D eigenvalue weighted by Gasteiger charge is 2.57. The van der Waals surface area contributed by atoms with Crippen LogP contribution in [0.2, 0.25) is 0 Å². The summed E-state index contributed by atoms with van der Waals surface area (Å²) in [6.45, 7) is -0.279. The van der Waals surface area contributed by atoms with Gasteiger partial charge in [-0.1, -0.05) is 59.5 Å². The van der Waals surface area contributed by atoms with Crippen LogP contribution in [0.3, 0.4) is 0 Å². The number of para-hydroxylation sites is 2. The number of hydrogen-bond donors (Lipinski definition) is 2. The summed E-state index contributed by atoms with van der Waals surface area (Å²) < 4.78 is 7.00. The second-order valence-corrected chi connectivity index (χ2v) is 11.5. The number of phenols is 1. The van der Waals surface area contributed by atoms with E-state index in [1.165, 1.54) is 28.7 Å². The molecule has 6 rings (SSSR count). The van der Waals surface area contributed by atoms with Crippen LogP contribution in [0.15, 0.2) is 88.7 Å². The minimum Gasteiger partial charge on any atom is -0.508 e. The summed E-state index contributed by atoms with van der Waals surface area (Å²) in [6.07, 6.45) is 0. The first-order valence-corrected chi connectivity index (χ1v) is 14.1. The van der Waals surface area contributed by atoms with Crippen molar-refractivity contribution in [3.8, 4) is 11.5 Å². The van der Waals surface area contributed by atoms with Crippen LogP contribution in [0.4, 0.5) is 11.4 Å². The highest BCUT2D eigenvalue weighted by molar-refractivity contribution is 8.00. The number of rotatable bonds is 6. The van der Waals surface area contributed by atoms with Crippen LogP contribution in [0, 0.1) is 5.92 Å². The van der Waals surface area contributed by atoms with Crippen LogP contribution < -0.4 is 19.8 Å². The number of ether oxygens (including phenoxy) is 1. The molecule has 11 heteroatoms. The monoisotopic (exact) mass is 573 g/mol. The molecule has 3 aromatic carbocycles. The molecule has 0 unspecified atom stereocenters. The summed E-state index contributed by atoms with van der Waals surface area (Å²) in [5, 5.41) is 11.9.